The Balaban J connectivity index is 1.94. The van der Waals surface area contributed by atoms with Crippen molar-refractivity contribution >= 4 is 39.0 Å². The molecule has 0 amide bonds. The van der Waals surface area contributed by atoms with E-state index >= 15 is 0 Å². The van der Waals surface area contributed by atoms with Gasteiger partial charge in [-0.25, -0.2) is 9.97 Å². The van der Waals surface area contributed by atoms with Crippen molar-refractivity contribution in [2.75, 3.05) is 5.32 Å². The molecule has 2 aromatic heterocycles. The van der Waals surface area contributed by atoms with Gasteiger partial charge in [0.05, 0.1) is 5.39 Å². The molecule has 2 heterocycles. The fraction of sp³-hybridized carbons (Fsp3) is 0.571. The summed E-state index contributed by atoms with van der Waals surface area (Å²) in [4.78, 5) is 11.1. The number of nitrogens with one attached hydrogen (secondary N) is 1. The summed E-state index contributed by atoms with van der Waals surface area (Å²) < 4.78 is 0. The number of hydrogen-bond donors (Lipinski definition) is 1. The van der Waals surface area contributed by atoms with Crippen molar-refractivity contribution in [1.29, 1.82) is 0 Å². The normalized spacial score (nSPS) is 16.9. The largest absolute Gasteiger partial charge is 0.367 e. The Bertz CT molecular complexity index is 575. The minimum Gasteiger partial charge on any atom is -0.367 e. The predicted molar refractivity (Wildman–Crippen MR) is 82.3 cm³/mol. The van der Waals surface area contributed by atoms with Gasteiger partial charge in [0.2, 0.25) is 5.28 Å². The third-order valence-corrected chi connectivity index (χ3v) is 5.05. The number of fused-ring (bicyclic) bond motifs is 1. The average molecular weight is 296 g/mol. The second-order valence-corrected chi connectivity index (χ2v) is 6.56. The summed E-state index contributed by atoms with van der Waals surface area (Å²) in [7, 11) is 0. The first-order valence-electron chi connectivity index (χ1n) is 6.98. The maximum atomic E-state index is 6.04. The Morgan fingerprint density at radius 2 is 2.11 bits per heavy atom. The lowest BCUT2D eigenvalue weighted by atomic mass is 9.95. The first-order valence-corrected chi connectivity index (χ1v) is 8.18. The highest BCUT2D eigenvalue weighted by atomic mass is 35.5. The molecule has 1 N–H and O–H groups in total. The van der Waals surface area contributed by atoms with Crippen LogP contribution in [0.4, 0.5) is 5.82 Å². The molecule has 0 saturated heterocycles. The van der Waals surface area contributed by atoms with Gasteiger partial charge < -0.3 is 5.32 Å². The highest BCUT2D eigenvalue weighted by Crippen LogP contribution is 2.32. The molecule has 0 spiro atoms. The molecule has 3 nitrogen and oxygen atoms in total. The number of hydrogen-bond acceptors (Lipinski definition) is 4. The summed E-state index contributed by atoms with van der Waals surface area (Å²) >= 11 is 7.75. The smallest absolute Gasteiger partial charge is 0.225 e. The van der Waals surface area contributed by atoms with Crippen LogP contribution < -0.4 is 5.32 Å². The van der Waals surface area contributed by atoms with Gasteiger partial charge in [-0.15, -0.1) is 11.3 Å². The minimum atomic E-state index is 0.343. The number of aromatic nitrogens is 2. The zero-order chi connectivity index (χ0) is 13.2. The van der Waals surface area contributed by atoms with Crippen molar-refractivity contribution in [2.24, 2.45) is 0 Å². The highest BCUT2D eigenvalue weighted by Gasteiger charge is 2.17. The Labute approximate surface area is 122 Å². The molecule has 19 heavy (non-hydrogen) atoms. The SMILES string of the molecule is CCc1cc2c(NC3CCCCC3)nc(Cl)nc2s1. The molecule has 1 fully saturated rings. The highest BCUT2D eigenvalue weighted by molar-refractivity contribution is 7.18. The molecule has 0 unspecified atom stereocenters. The Kier molecular flexibility index (Phi) is 3.89. The molecule has 0 radical (unpaired) electrons. The quantitative estimate of drug-likeness (QED) is 0.838. The van der Waals surface area contributed by atoms with Gasteiger partial charge in [-0.3, -0.25) is 0 Å². The van der Waals surface area contributed by atoms with Crippen LogP contribution in [0.3, 0.4) is 0 Å². The predicted octanol–water partition coefficient (Wildman–Crippen LogP) is 4.65. The van der Waals surface area contributed by atoms with E-state index < -0.39 is 0 Å². The van der Waals surface area contributed by atoms with Crippen molar-refractivity contribution in [3.63, 3.8) is 0 Å². The van der Waals surface area contributed by atoms with Gasteiger partial charge in [0, 0.05) is 10.9 Å². The van der Waals surface area contributed by atoms with Crippen LogP contribution in [0, 0.1) is 0 Å². The number of anilines is 1. The molecular formula is C14H18ClN3S. The Morgan fingerprint density at radius 3 is 2.84 bits per heavy atom. The van der Waals surface area contributed by atoms with E-state index in [0.29, 0.717) is 11.3 Å². The van der Waals surface area contributed by atoms with Gasteiger partial charge in [0.15, 0.2) is 0 Å². The van der Waals surface area contributed by atoms with Gasteiger partial charge in [-0.2, -0.15) is 0 Å². The van der Waals surface area contributed by atoms with E-state index in [1.165, 1.54) is 37.0 Å². The van der Waals surface area contributed by atoms with E-state index in [4.69, 9.17) is 11.6 Å². The number of rotatable bonds is 3. The maximum Gasteiger partial charge on any atom is 0.225 e. The second kappa shape index (κ2) is 5.63. The molecule has 1 saturated carbocycles. The van der Waals surface area contributed by atoms with E-state index in [9.17, 15) is 0 Å². The summed E-state index contributed by atoms with van der Waals surface area (Å²) in [5, 5.41) is 5.04. The monoisotopic (exact) mass is 295 g/mol. The third-order valence-electron chi connectivity index (χ3n) is 3.71. The van der Waals surface area contributed by atoms with Gasteiger partial charge in [0.1, 0.15) is 10.6 Å². The molecular weight excluding hydrogens is 278 g/mol. The van der Waals surface area contributed by atoms with Crippen molar-refractivity contribution in [3.05, 3.63) is 16.2 Å². The standard InChI is InChI=1S/C14H18ClN3S/c1-2-10-8-11-12(16-9-6-4-3-5-7-9)17-14(15)18-13(11)19-10/h8-9H,2-7H2,1H3,(H,16,17,18). The number of nitrogens with zero attached hydrogens (tertiary/aromatic N) is 2. The van der Waals surface area contributed by atoms with Crippen molar-refractivity contribution < 1.29 is 0 Å². The molecule has 0 bridgehead atoms. The van der Waals surface area contributed by atoms with Crippen LogP contribution in [0.25, 0.3) is 10.2 Å². The molecule has 1 aliphatic carbocycles. The van der Waals surface area contributed by atoms with Crippen LogP contribution in [0.15, 0.2) is 6.07 Å². The van der Waals surface area contributed by atoms with Crippen LogP contribution in [0.2, 0.25) is 5.28 Å². The molecule has 1 aliphatic rings. The topological polar surface area (TPSA) is 37.8 Å². The van der Waals surface area contributed by atoms with Gasteiger partial charge in [-0.1, -0.05) is 26.2 Å². The van der Waals surface area contributed by atoms with Crippen LogP contribution in [-0.4, -0.2) is 16.0 Å². The first kappa shape index (κ1) is 13.1. The first-order chi connectivity index (χ1) is 9.26. The molecule has 0 atom stereocenters. The van der Waals surface area contributed by atoms with Crippen LogP contribution in [0.5, 0.6) is 0 Å². The summed E-state index contributed by atoms with van der Waals surface area (Å²) in [6.07, 6.45) is 7.47. The van der Waals surface area contributed by atoms with Gasteiger partial charge in [-0.05, 0) is 36.9 Å². The number of aryl methyl sites for hydroxylation is 1. The van der Waals surface area contributed by atoms with Crippen molar-refractivity contribution in [3.8, 4) is 0 Å². The van der Waals surface area contributed by atoms with E-state index in [0.717, 1.165) is 22.5 Å². The van der Waals surface area contributed by atoms with Gasteiger partial charge >= 0.3 is 0 Å². The molecule has 0 aliphatic heterocycles. The van der Waals surface area contributed by atoms with E-state index in [2.05, 4.69) is 28.3 Å². The van der Waals surface area contributed by atoms with E-state index in [1.807, 2.05) is 0 Å². The fourth-order valence-corrected chi connectivity index (χ4v) is 3.86. The summed E-state index contributed by atoms with van der Waals surface area (Å²) in [5.74, 6) is 0.915. The Morgan fingerprint density at radius 1 is 1.32 bits per heavy atom. The zero-order valence-electron chi connectivity index (χ0n) is 11.1. The molecule has 102 valence electrons. The lowest BCUT2D eigenvalue weighted by Gasteiger charge is -2.23. The third kappa shape index (κ3) is 2.84. The second-order valence-electron chi connectivity index (χ2n) is 5.11. The summed E-state index contributed by atoms with van der Waals surface area (Å²) in [5.41, 5.74) is 0. The van der Waals surface area contributed by atoms with E-state index in [-0.39, 0.29) is 0 Å². The molecule has 5 heteroatoms. The van der Waals surface area contributed by atoms with Crippen LogP contribution >= 0.6 is 22.9 Å². The lowest BCUT2D eigenvalue weighted by Crippen LogP contribution is -2.23. The van der Waals surface area contributed by atoms with Crippen molar-refractivity contribution in [2.45, 2.75) is 51.5 Å². The molecule has 0 aromatic carbocycles. The van der Waals surface area contributed by atoms with Crippen LogP contribution in [-0.2, 0) is 6.42 Å². The lowest BCUT2D eigenvalue weighted by molar-refractivity contribution is 0.462. The van der Waals surface area contributed by atoms with E-state index in [1.54, 1.807) is 11.3 Å². The summed E-state index contributed by atoms with van der Waals surface area (Å²) in [6.45, 7) is 2.16. The van der Waals surface area contributed by atoms with Crippen molar-refractivity contribution in [1.82, 2.24) is 9.97 Å². The maximum absolute atomic E-state index is 6.04. The van der Waals surface area contributed by atoms with Gasteiger partial charge in [0.25, 0.3) is 0 Å². The summed E-state index contributed by atoms with van der Waals surface area (Å²) in [6, 6.07) is 2.73. The van der Waals surface area contributed by atoms with Crippen LogP contribution in [0.1, 0.15) is 43.9 Å². The Hall–Kier alpha value is -0.870. The average Bonchev–Trinajstić information content (AvgIpc) is 2.83. The molecule has 3 rings (SSSR count). The number of halogens is 1. The fourth-order valence-electron chi connectivity index (χ4n) is 2.67. The number of thiophene rings is 1. The zero-order valence-corrected chi connectivity index (χ0v) is 12.7. The minimum absolute atomic E-state index is 0.343. The molecule has 2 aromatic rings.